The lowest BCUT2D eigenvalue weighted by Gasteiger charge is -2.10. The highest BCUT2D eigenvalue weighted by Crippen LogP contribution is 2.32. The fraction of sp³-hybridized carbons (Fsp3) is 0. The van der Waals surface area contributed by atoms with Crippen LogP contribution in [0.15, 0.2) is 79.3 Å². The van der Waals surface area contributed by atoms with Gasteiger partial charge in [0, 0.05) is 22.9 Å². The largest absolute Gasteiger partial charge is 0.382 e. The number of pyridine rings is 1. The van der Waals surface area contributed by atoms with Crippen molar-refractivity contribution in [2.45, 2.75) is 0 Å². The summed E-state index contributed by atoms with van der Waals surface area (Å²) < 4.78 is 14.7. The van der Waals surface area contributed by atoms with Crippen LogP contribution >= 0.6 is 0 Å². The first kappa shape index (κ1) is 15.9. The predicted octanol–water partition coefficient (Wildman–Crippen LogP) is 4.59. The summed E-state index contributed by atoms with van der Waals surface area (Å²) in [5.74, 6) is -0.0712. The monoisotopic (exact) mass is 342 g/mol. The Morgan fingerprint density at radius 3 is 2.31 bits per heavy atom. The topological polar surface area (TPSA) is 64.7 Å². The van der Waals surface area contributed by atoms with Crippen LogP contribution in [0.25, 0.3) is 33.6 Å². The van der Waals surface area contributed by atoms with Gasteiger partial charge in [-0.25, -0.2) is 9.37 Å². The molecule has 5 heteroatoms. The fourth-order valence-electron chi connectivity index (χ4n) is 2.83. The maximum Gasteiger partial charge on any atom is 0.141 e. The highest BCUT2D eigenvalue weighted by atomic mass is 19.1. The zero-order valence-corrected chi connectivity index (χ0v) is 13.8. The summed E-state index contributed by atoms with van der Waals surface area (Å²) in [6.07, 6.45) is 4.62. The van der Waals surface area contributed by atoms with E-state index in [9.17, 15) is 4.39 Å². The number of hydrogen-bond acceptors (Lipinski definition) is 4. The maximum absolute atomic E-state index is 14.7. The lowest BCUT2D eigenvalue weighted by Crippen LogP contribution is -1.95. The molecule has 4 nitrogen and oxygen atoms in total. The Kier molecular flexibility index (Phi) is 4.11. The number of nitrogen functional groups attached to an aromatic ring is 1. The van der Waals surface area contributed by atoms with Gasteiger partial charge < -0.3 is 5.73 Å². The van der Waals surface area contributed by atoms with Crippen LogP contribution in [0.4, 0.5) is 10.2 Å². The minimum atomic E-state index is -0.371. The van der Waals surface area contributed by atoms with Gasteiger partial charge in [-0.3, -0.25) is 9.97 Å². The van der Waals surface area contributed by atoms with E-state index in [0.29, 0.717) is 17.1 Å². The number of nitrogens with two attached hydrogens (primary N) is 1. The van der Waals surface area contributed by atoms with E-state index >= 15 is 0 Å². The molecule has 2 aromatic heterocycles. The van der Waals surface area contributed by atoms with Gasteiger partial charge >= 0.3 is 0 Å². The smallest absolute Gasteiger partial charge is 0.141 e. The van der Waals surface area contributed by atoms with Crippen LogP contribution in [0.5, 0.6) is 0 Å². The third kappa shape index (κ3) is 3.02. The molecule has 0 fully saturated rings. The van der Waals surface area contributed by atoms with Crippen molar-refractivity contribution in [3.8, 4) is 33.6 Å². The normalized spacial score (nSPS) is 10.7. The molecule has 26 heavy (non-hydrogen) atoms. The summed E-state index contributed by atoms with van der Waals surface area (Å²) in [6.45, 7) is 0. The van der Waals surface area contributed by atoms with Crippen molar-refractivity contribution in [2.75, 3.05) is 5.73 Å². The highest BCUT2D eigenvalue weighted by molar-refractivity contribution is 5.81. The van der Waals surface area contributed by atoms with Gasteiger partial charge in [-0.05, 0) is 23.8 Å². The number of benzene rings is 2. The molecule has 0 spiro atoms. The van der Waals surface area contributed by atoms with E-state index in [1.807, 2.05) is 48.5 Å². The van der Waals surface area contributed by atoms with Crippen LogP contribution in [-0.4, -0.2) is 15.0 Å². The molecule has 0 amide bonds. The SMILES string of the molecule is Nc1cnc(-c2ccc(-c3cccnc3-c3ccccc3)cc2F)cn1. The molecular weight excluding hydrogens is 327 g/mol. The van der Waals surface area contributed by atoms with Crippen LogP contribution in [-0.2, 0) is 0 Å². The Balaban J connectivity index is 1.79. The molecular formula is C21H15FN4. The Bertz CT molecular complexity index is 1050. The van der Waals surface area contributed by atoms with Crippen molar-refractivity contribution >= 4 is 5.82 Å². The van der Waals surface area contributed by atoms with E-state index in [0.717, 1.165) is 22.4 Å². The summed E-state index contributed by atoms with van der Waals surface area (Å²) >= 11 is 0. The second-order valence-electron chi connectivity index (χ2n) is 5.79. The van der Waals surface area contributed by atoms with Crippen molar-refractivity contribution in [3.63, 3.8) is 0 Å². The number of hydrogen-bond donors (Lipinski definition) is 1. The second kappa shape index (κ2) is 6.72. The molecule has 2 heterocycles. The van der Waals surface area contributed by atoms with Crippen LogP contribution in [0.3, 0.4) is 0 Å². The van der Waals surface area contributed by atoms with Gasteiger partial charge in [0.15, 0.2) is 0 Å². The Hall–Kier alpha value is -3.60. The Morgan fingerprint density at radius 1 is 0.731 bits per heavy atom. The zero-order valence-electron chi connectivity index (χ0n) is 13.8. The molecule has 2 N–H and O–H groups in total. The third-order valence-electron chi connectivity index (χ3n) is 4.08. The lowest BCUT2D eigenvalue weighted by molar-refractivity contribution is 0.631. The van der Waals surface area contributed by atoms with E-state index in [4.69, 9.17) is 5.73 Å². The second-order valence-corrected chi connectivity index (χ2v) is 5.79. The third-order valence-corrected chi connectivity index (χ3v) is 4.08. The minimum Gasteiger partial charge on any atom is -0.382 e. The first-order valence-electron chi connectivity index (χ1n) is 8.10. The molecule has 0 aliphatic heterocycles. The van der Waals surface area contributed by atoms with E-state index in [1.165, 1.54) is 18.5 Å². The standard InChI is InChI=1S/C21H15FN4/c22-18-11-15(8-9-17(18)19-12-26-20(23)13-25-19)16-7-4-10-24-21(16)14-5-2-1-3-6-14/h1-13H,(H2,23,26). The Labute approximate surface area is 150 Å². The predicted molar refractivity (Wildman–Crippen MR) is 101 cm³/mol. The molecule has 0 saturated heterocycles. The van der Waals surface area contributed by atoms with Gasteiger partial charge in [0.1, 0.15) is 11.6 Å². The van der Waals surface area contributed by atoms with Crippen LogP contribution in [0.2, 0.25) is 0 Å². The molecule has 126 valence electrons. The molecule has 0 unspecified atom stereocenters. The number of anilines is 1. The summed E-state index contributed by atoms with van der Waals surface area (Å²) in [5, 5.41) is 0. The van der Waals surface area contributed by atoms with Crippen LogP contribution < -0.4 is 5.73 Å². The first-order valence-corrected chi connectivity index (χ1v) is 8.10. The van der Waals surface area contributed by atoms with Crippen LogP contribution in [0.1, 0.15) is 0 Å². The van der Waals surface area contributed by atoms with Crippen molar-refractivity contribution in [1.29, 1.82) is 0 Å². The Morgan fingerprint density at radius 2 is 1.58 bits per heavy atom. The van der Waals surface area contributed by atoms with Crippen molar-refractivity contribution < 1.29 is 4.39 Å². The molecule has 2 aromatic carbocycles. The average molecular weight is 342 g/mol. The maximum atomic E-state index is 14.7. The summed E-state index contributed by atoms with van der Waals surface area (Å²) in [5.41, 5.74) is 9.78. The number of aromatic nitrogens is 3. The number of rotatable bonds is 3. The average Bonchev–Trinajstić information content (AvgIpc) is 2.69. The van der Waals surface area contributed by atoms with Gasteiger partial charge in [0.2, 0.25) is 0 Å². The van der Waals surface area contributed by atoms with Crippen molar-refractivity contribution in [1.82, 2.24) is 15.0 Å². The van der Waals surface area contributed by atoms with Crippen LogP contribution in [0, 0.1) is 5.82 Å². The number of nitrogens with zero attached hydrogens (tertiary/aromatic N) is 3. The molecule has 4 aromatic rings. The molecule has 4 rings (SSSR count). The highest BCUT2D eigenvalue weighted by Gasteiger charge is 2.12. The molecule has 0 atom stereocenters. The van der Waals surface area contributed by atoms with Gasteiger partial charge in [-0.2, -0.15) is 0 Å². The fourth-order valence-corrected chi connectivity index (χ4v) is 2.83. The molecule has 0 radical (unpaired) electrons. The lowest BCUT2D eigenvalue weighted by atomic mass is 9.98. The van der Waals surface area contributed by atoms with Gasteiger partial charge in [0.25, 0.3) is 0 Å². The van der Waals surface area contributed by atoms with Gasteiger partial charge in [-0.15, -0.1) is 0 Å². The first-order chi connectivity index (χ1) is 12.7. The van der Waals surface area contributed by atoms with Gasteiger partial charge in [0.05, 0.1) is 23.8 Å². The van der Waals surface area contributed by atoms with Gasteiger partial charge in [-0.1, -0.05) is 42.5 Å². The molecule has 0 aliphatic carbocycles. The van der Waals surface area contributed by atoms with E-state index < -0.39 is 0 Å². The van der Waals surface area contributed by atoms with Crippen molar-refractivity contribution in [2.24, 2.45) is 0 Å². The number of halogens is 1. The summed E-state index contributed by atoms with van der Waals surface area (Å²) in [6, 6.07) is 18.7. The molecule has 0 saturated carbocycles. The summed E-state index contributed by atoms with van der Waals surface area (Å²) in [4.78, 5) is 12.6. The van der Waals surface area contributed by atoms with E-state index in [1.54, 1.807) is 12.3 Å². The van der Waals surface area contributed by atoms with E-state index in [2.05, 4.69) is 15.0 Å². The molecule has 0 bridgehead atoms. The van der Waals surface area contributed by atoms with Crippen molar-refractivity contribution in [3.05, 3.63) is 85.1 Å². The van der Waals surface area contributed by atoms with E-state index in [-0.39, 0.29) is 5.82 Å². The molecule has 0 aliphatic rings. The minimum absolute atomic E-state index is 0.300. The zero-order chi connectivity index (χ0) is 17.9. The summed E-state index contributed by atoms with van der Waals surface area (Å²) in [7, 11) is 0. The quantitative estimate of drug-likeness (QED) is 0.591.